The summed E-state index contributed by atoms with van der Waals surface area (Å²) in [5.74, 6) is 2.87. The van der Waals surface area contributed by atoms with E-state index in [1.807, 2.05) is 23.1 Å². The first kappa shape index (κ1) is 17.8. The second-order valence-electron chi connectivity index (χ2n) is 7.68. The maximum atomic E-state index is 12.6. The molecular formula is C20H26N4O3. The second kappa shape index (κ2) is 7.58. The molecular weight excluding hydrogens is 344 g/mol. The van der Waals surface area contributed by atoms with Gasteiger partial charge in [-0.2, -0.15) is 4.98 Å². The van der Waals surface area contributed by atoms with Crippen LogP contribution >= 0.6 is 0 Å². The van der Waals surface area contributed by atoms with Gasteiger partial charge in [-0.15, -0.1) is 0 Å². The number of aromatic nitrogens is 2. The maximum Gasteiger partial charge on any atom is 0.317 e. The molecule has 7 heteroatoms. The van der Waals surface area contributed by atoms with Crippen LogP contribution < -0.4 is 10.1 Å². The fourth-order valence-electron chi connectivity index (χ4n) is 3.66. The first-order chi connectivity index (χ1) is 13.1. The summed E-state index contributed by atoms with van der Waals surface area (Å²) in [7, 11) is 0. The highest BCUT2D eigenvalue weighted by Gasteiger charge is 2.29. The largest absolute Gasteiger partial charge is 0.491 e. The fraction of sp³-hybridized carbons (Fsp3) is 0.550. The standard InChI is InChI=1S/C20H26N4O3/c1-13(2)18-22-19(27-23-18)14-7-9-24(10-8-14)20(25)21-16-11-15-5-3-4-6-17(15)26-12-16/h3-6,13-14,16H,7-12H2,1-2H3,(H,21,25)/t16-/m0/s1. The minimum Gasteiger partial charge on any atom is -0.491 e. The van der Waals surface area contributed by atoms with Gasteiger partial charge in [0.05, 0.1) is 6.04 Å². The van der Waals surface area contributed by atoms with Crippen molar-refractivity contribution in [1.29, 1.82) is 0 Å². The van der Waals surface area contributed by atoms with Gasteiger partial charge in [-0.3, -0.25) is 0 Å². The zero-order valence-electron chi connectivity index (χ0n) is 15.9. The molecule has 1 aromatic heterocycles. The Morgan fingerprint density at radius 2 is 2.04 bits per heavy atom. The lowest BCUT2D eigenvalue weighted by molar-refractivity contribution is 0.163. The lowest BCUT2D eigenvalue weighted by Crippen LogP contribution is -2.50. The molecule has 1 atom stereocenters. The molecule has 0 bridgehead atoms. The normalized spacial score (nSPS) is 20.3. The number of urea groups is 1. The summed E-state index contributed by atoms with van der Waals surface area (Å²) in [4.78, 5) is 19.0. The van der Waals surface area contributed by atoms with Crippen LogP contribution in [0.3, 0.4) is 0 Å². The Bertz CT molecular complexity index is 796. The number of para-hydroxylation sites is 1. The van der Waals surface area contributed by atoms with Crippen LogP contribution in [0.1, 0.15) is 55.8 Å². The lowest BCUT2D eigenvalue weighted by atomic mass is 9.97. The SMILES string of the molecule is CC(C)c1noc(C2CCN(C(=O)N[C@@H]3COc4ccccc4C3)CC2)n1. The smallest absolute Gasteiger partial charge is 0.317 e. The third kappa shape index (κ3) is 3.91. The highest BCUT2D eigenvalue weighted by atomic mass is 16.5. The van der Waals surface area contributed by atoms with Crippen LogP contribution in [0.2, 0.25) is 0 Å². The quantitative estimate of drug-likeness (QED) is 0.898. The number of nitrogens with one attached hydrogen (secondary N) is 1. The molecule has 1 saturated heterocycles. The zero-order chi connectivity index (χ0) is 18.8. The molecule has 3 heterocycles. The van der Waals surface area contributed by atoms with Crippen LogP contribution in [0.25, 0.3) is 0 Å². The van der Waals surface area contributed by atoms with Crippen LogP contribution in [0.4, 0.5) is 4.79 Å². The molecule has 0 unspecified atom stereocenters. The fourth-order valence-corrected chi connectivity index (χ4v) is 3.66. The predicted octanol–water partition coefficient (Wildman–Crippen LogP) is 3.09. The van der Waals surface area contributed by atoms with E-state index in [1.54, 1.807) is 0 Å². The Morgan fingerprint density at radius 1 is 1.26 bits per heavy atom. The summed E-state index contributed by atoms with van der Waals surface area (Å²) in [5, 5.41) is 7.16. The number of likely N-dealkylation sites (tertiary alicyclic amines) is 1. The molecule has 2 aliphatic rings. The van der Waals surface area contributed by atoms with Gasteiger partial charge in [-0.25, -0.2) is 4.79 Å². The average Bonchev–Trinajstić information content (AvgIpc) is 3.18. The first-order valence-corrected chi connectivity index (χ1v) is 9.70. The van der Waals surface area contributed by atoms with E-state index in [-0.39, 0.29) is 23.9 Å². The van der Waals surface area contributed by atoms with Crippen molar-refractivity contribution >= 4 is 6.03 Å². The number of hydrogen-bond donors (Lipinski definition) is 1. The minimum atomic E-state index is -0.0187. The van der Waals surface area contributed by atoms with Gasteiger partial charge in [-0.05, 0) is 30.9 Å². The number of rotatable bonds is 3. The maximum absolute atomic E-state index is 12.6. The number of fused-ring (bicyclic) bond motifs is 1. The number of amides is 2. The van der Waals surface area contributed by atoms with Crippen molar-refractivity contribution in [2.45, 2.75) is 51.0 Å². The highest BCUT2D eigenvalue weighted by Crippen LogP contribution is 2.28. The molecule has 4 rings (SSSR count). The Morgan fingerprint density at radius 3 is 2.78 bits per heavy atom. The van der Waals surface area contributed by atoms with Crippen LogP contribution in [0.15, 0.2) is 28.8 Å². The van der Waals surface area contributed by atoms with E-state index in [0.29, 0.717) is 25.6 Å². The topological polar surface area (TPSA) is 80.5 Å². The van der Waals surface area contributed by atoms with Gasteiger partial charge in [0.25, 0.3) is 0 Å². The van der Waals surface area contributed by atoms with Gasteiger partial charge in [-0.1, -0.05) is 37.2 Å². The molecule has 2 aromatic rings. The molecule has 1 aromatic carbocycles. The molecule has 2 amide bonds. The number of benzene rings is 1. The van der Waals surface area contributed by atoms with Crippen molar-refractivity contribution in [2.75, 3.05) is 19.7 Å². The van der Waals surface area contributed by atoms with Gasteiger partial charge in [0.2, 0.25) is 5.89 Å². The summed E-state index contributed by atoms with van der Waals surface area (Å²) in [6, 6.07) is 7.98. The third-order valence-electron chi connectivity index (χ3n) is 5.31. The molecule has 0 spiro atoms. The van der Waals surface area contributed by atoms with E-state index >= 15 is 0 Å². The van der Waals surface area contributed by atoms with E-state index in [1.165, 1.54) is 0 Å². The van der Waals surface area contributed by atoms with Crippen molar-refractivity contribution < 1.29 is 14.1 Å². The molecule has 7 nitrogen and oxygen atoms in total. The van der Waals surface area contributed by atoms with Crippen molar-refractivity contribution in [3.63, 3.8) is 0 Å². The molecule has 27 heavy (non-hydrogen) atoms. The van der Waals surface area contributed by atoms with E-state index in [2.05, 4.69) is 35.4 Å². The third-order valence-corrected chi connectivity index (χ3v) is 5.31. The summed E-state index contributed by atoms with van der Waals surface area (Å²) < 4.78 is 11.2. The van der Waals surface area contributed by atoms with Crippen LogP contribution in [-0.4, -0.2) is 46.8 Å². The number of carbonyl (C=O) groups excluding carboxylic acids is 1. The average molecular weight is 370 g/mol. The summed E-state index contributed by atoms with van der Waals surface area (Å²) in [6.45, 7) is 6.00. The van der Waals surface area contributed by atoms with Gasteiger partial charge in [0.1, 0.15) is 12.4 Å². The monoisotopic (exact) mass is 370 g/mol. The predicted molar refractivity (Wildman–Crippen MR) is 99.9 cm³/mol. The second-order valence-corrected chi connectivity index (χ2v) is 7.68. The Hall–Kier alpha value is -2.57. The number of carbonyl (C=O) groups is 1. The van der Waals surface area contributed by atoms with Crippen molar-refractivity contribution in [1.82, 2.24) is 20.4 Å². The van der Waals surface area contributed by atoms with E-state index < -0.39 is 0 Å². The van der Waals surface area contributed by atoms with Gasteiger partial charge < -0.3 is 19.5 Å². The Labute approximate surface area is 159 Å². The highest BCUT2D eigenvalue weighted by molar-refractivity contribution is 5.74. The molecule has 2 aliphatic heterocycles. The van der Waals surface area contributed by atoms with Gasteiger partial charge >= 0.3 is 6.03 Å². The van der Waals surface area contributed by atoms with Crippen molar-refractivity contribution in [3.8, 4) is 5.75 Å². The summed E-state index contributed by atoms with van der Waals surface area (Å²) >= 11 is 0. The van der Waals surface area contributed by atoms with E-state index in [0.717, 1.165) is 36.4 Å². The summed E-state index contributed by atoms with van der Waals surface area (Å²) in [5.41, 5.74) is 1.14. The first-order valence-electron chi connectivity index (χ1n) is 9.70. The minimum absolute atomic E-state index is 0.00895. The number of ether oxygens (including phenoxy) is 1. The van der Waals surface area contributed by atoms with Crippen LogP contribution in [0.5, 0.6) is 5.75 Å². The Balaban J connectivity index is 1.29. The molecule has 1 fully saturated rings. The zero-order valence-corrected chi connectivity index (χ0v) is 15.9. The number of nitrogens with zero attached hydrogens (tertiary/aromatic N) is 3. The van der Waals surface area contributed by atoms with Crippen LogP contribution in [-0.2, 0) is 6.42 Å². The lowest BCUT2D eigenvalue weighted by Gasteiger charge is -2.33. The van der Waals surface area contributed by atoms with Crippen molar-refractivity contribution in [3.05, 3.63) is 41.5 Å². The molecule has 0 aliphatic carbocycles. The molecule has 1 N–H and O–H groups in total. The Kier molecular flexibility index (Phi) is 5.01. The van der Waals surface area contributed by atoms with Gasteiger partial charge in [0.15, 0.2) is 5.82 Å². The van der Waals surface area contributed by atoms with Crippen molar-refractivity contribution in [2.24, 2.45) is 0 Å². The van der Waals surface area contributed by atoms with Crippen LogP contribution in [0, 0.1) is 0 Å². The number of piperidine rings is 1. The van der Waals surface area contributed by atoms with Gasteiger partial charge in [0, 0.05) is 24.9 Å². The summed E-state index contributed by atoms with van der Waals surface area (Å²) in [6.07, 6.45) is 2.49. The van der Waals surface area contributed by atoms with E-state index in [4.69, 9.17) is 9.26 Å². The molecule has 144 valence electrons. The van der Waals surface area contributed by atoms with E-state index in [9.17, 15) is 4.79 Å². The number of hydrogen-bond acceptors (Lipinski definition) is 5. The molecule has 0 saturated carbocycles. The molecule has 0 radical (unpaired) electrons.